The van der Waals surface area contributed by atoms with Gasteiger partial charge in [-0.15, -0.1) is 0 Å². The third kappa shape index (κ3) is 4.86. The molecular weight excluding hydrogens is 376 g/mol. The van der Waals surface area contributed by atoms with Gasteiger partial charge in [0.25, 0.3) is 0 Å². The first kappa shape index (κ1) is 19.3. The van der Waals surface area contributed by atoms with Crippen molar-refractivity contribution in [3.8, 4) is 11.5 Å². The summed E-state index contributed by atoms with van der Waals surface area (Å²) in [5, 5.41) is 0. The molecule has 0 N–H and O–H groups in total. The highest BCUT2D eigenvalue weighted by atomic mass is 19.1. The molecule has 7 heteroatoms. The van der Waals surface area contributed by atoms with Crippen molar-refractivity contribution in [2.75, 3.05) is 26.2 Å². The number of nitrogens with zero attached hydrogens (tertiary/aromatic N) is 3. The highest BCUT2D eigenvalue weighted by molar-refractivity contribution is 5.78. The van der Waals surface area contributed by atoms with Gasteiger partial charge in [-0.25, -0.2) is 13.8 Å². The quantitative estimate of drug-likeness (QED) is 0.661. The minimum atomic E-state index is -0.301. The van der Waals surface area contributed by atoms with E-state index in [1.807, 2.05) is 4.90 Å². The highest BCUT2D eigenvalue weighted by Crippen LogP contribution is 2.20. The largest absolute Gasteiger partial charge is 0.444 e. The Bertz CT molecular complexity index is 962. The summed E-state index contributed by atoms with van der Waals surface area (Å²) in [6.07, 6.45) is 1.90. The Labute approximate surface area is 167 Å². The molecule has 1 aliphatic heterocycles. The first-order valence-corrected chi connectivity index (χ1v) is 9.52. The molecule has 2 heterocycles. The maximum atomic E-state index is 13.0. The second-order valence-corrected chi connectivity index (χ2v) is 7.11. The van der Waals surface area contributed by atoms with Crippen molar-refractivity contribution < 1.29 is 18.0 Å². The van der Waals surface area contributed by atoms with E-state index in [0.29, 0.717) is 25.5 Å². The van der Waals surface area contributed by atoms with Gasteiger partial charge >= 0.3 is 0 Å². The summed E-state index contributed by atoms with van der Waals surface area (Å²) in [5.41, 5.74) is 2.35. The Kier molecular flexibility index (Phi) is 5.67. The van der Waals surface area contributed by atoms with Crippen molar-refractivity contribution in [2.24, 2.45) is 0 Å². The lowest BCUT2D eigenvalue weighted by atomic mass is 10.1. The van der Waals surface area contributed by atoms with Crippen LogP contribution in [-0.4, -0.2) is 46.9 Å². The van der Waals surface area contributed by atoms with Gasteiger partial charge < -0.3 is 9.32 Å². The molecule has 0 spiro atoms. The maximum absolute atomic E-state index is 13.0. The Morgan fingerprint density at radius 2 is 1.55 bits per heavy atom. The smallest absolute Gasteiger partial charge is 0.227 e. The number of rotatable bonds is 5. The molecule has 1 amide bonds. The summed E-state index contributed by atoms with van der Waals surface area (Å²) in [6.45, 7) is 3.40. The predicted molar refractivity (Wildman–Crippen MR) is 104 cm³/mol. The van der Waals surface area contributed by atoms with Gasteiger partial charge in [0, 0.05) is 38.3 Å². The lowest BCUT2D eigenvalue weighted by Gasteiger charge is -2.34. The van der Waals surface area contributed by atoms with Crippen LogP contribution in [0.15, 0.2) is 59.2 Å². The van der Waals surface area contributed by atoms with Crippen molar-refractivity contribution in [2.45, 2.75) is 13.0 Å². The van der Waals surface area contributed by atoms with Gasteiger partial charge in [0.05, 0.1) is 12.1 Å². The van der Waals surface area contributed by atoms with Gasteiger partial charge in [0.2, 0.25) is 11.8 Å². The third-order valence-corrected chi connectivity index (χ3v) is 5.02. The Morgan fingerprint density at radius 3 is 2.21 bits per heavy atom. The van der Waals surface area contributed by atoms with Crippen LogP contribution in [0.3, 0.4) is 0 Å². The normalized spacial score (nSPS) is 14.9. The Balaban J connectivity index is 1.28. The molecule has 0 saturated carbocycles. The summed E-state index contributed by atoms with van der Waals surface area (Å²) in [4.78, 5) is 21.0. The van der Waals surface area contributed by atoms with Gasteiger partial charge in [0.15, 0.2) is 0 Å². The van der Waals surface area contributed by atoms with Crippen LogP contribution >= 0.6 is 0 Å². The van der Waals surface area contributed by atoms with Crippen molar-refractivity contribution >= 4 is 5.91 Å². The molecule has 0 bridgehead atoms. The van der Waals surface area contributed by atoms with E-state index in [0.717, 1.165) is 29.9 Å². The zero-order valence-electron chi connectivity index (χ0n) is 15.9. The number of carbonyl (C=O) groups is 1. The van der Waals surface area contributed by atoms with Crippen LogP contribution in [0.2, 0.25) is 0 Å². The summed E-state index contributed by atoms with van der Waals surface area (Å²) in [6, 6.07) is 12.1. The fourth-order valence-electron chi connectivity index (χ4n) is 3.38. The average Bonchev–Trinajstić information content (AvgIpc) is 3.19. The van der Waals surface area contributed by atoms with Crippen LogP contribution in [0.4, 0.5) is 8.78 Å². The molecule has 4 rings (SSSR count). The van der Waals surface area contributed by atoms with Crippen molar-refractivity contribution in [3.63, 3.8) is 0 Å². The molecule has 0 aliphatic carbocycles. The number of piperazine rings is 1. The van der Waals surface area contributed by atoms with Crippen LogP contribution in [0.5, 0.6) is 0 Å². The zero-order valence-corrected chi connectivity index (χ0v) is 15.9. The third-order valence-electron chi connectivity index (χ3n) is 5.02. The molecule has 150 valence electrons. The molecule has 5 nitrogen and oxygen atoms in total. The summed E-state index contributed by atoms with van der Waals surface area (Å²) in [5.74, 6) is -0.0815. The lowest BCUT2D eigenvalue weighted by molar-refractivity contribution is -0.132. The molecule has 1 fully saturated rings. The number of oxazole rings is 1. The lowest BCUT2D eigenvalue weighted by Crippen LogP contribution is -2.48. The number of carbonyl (C=O) groups excluding carboxylic acids is 1. The Hall–Kier alpha value is -3.06. The number of amides is 1. The van der Waals surface area contributed by atoms with Crippen molar-refractivity contribution in [1.82, 2.24) is 14.8 Å². The number of halogens is 2. The van der Waals surface area contributed by atoms with Crippen LogP contribution < -0.4 is 0 Å². The molecule has 2 aromatic carbocycles. The predicted octanol–water partition coefficient (Wildman–Crippen LogP) is 3.51. The van der Waals surface area contributed by atoms with E-state index in [2.05, 4.69) is 9.88 Å². The van der Waals surface area contributed by atoms with E-state index in [1.54, 1.807) is 30.5 Å². The van der Waals surface area contributed by atoms with Gasteiger partial charge in [-0.05, 0) is 42.0 Å². The molecule has 3 aromatic rings. The fourth-order valence-corrected chi connectivity index (χ4v) is 3.38. The molecule has 1 saturated heterocycles. The van der Waals surface area contributed by atoms with E-state index in [9.17, 15) is 13.6 Å². The Morgan fingerprint density at radius 1 is 0.931 bits per heavy atom. The van der Waals surface area contributed by atoms with Crippen LogP contribution in [0, 0.1) is 11.6 Å². The van der Waals surface area contributed by atoms with E-state index in [-0.39, 0.29) is 24.0 Å². The number of hydrogen-bond acceptors (Lipinski definition) is 4. The van der Waals surface area contributed by atoms with Gasteiger partial charge in [-0.2, -0.15) is 0 Å². The van der Waals surface area contributed by atoms with Crippen LogP contribution in [-0.2, 0) is 17.8 Å². The molecule has 0 atom stereocenters. The summed E-state index contributed by atoms with van der Waals surface area (Å²) >= 11 is 0. The minimum absolute atomic E-state index is 0.0521. The zero-order chi connectivity index (χ0) is 20.2. The molecule has 0 radical (unpaired) electrons. The number of aromatic nitrogens is 1. The van der Waals surface area contributed by atoms with Crippen molar-refractivity contribution in [3.05, 3.63) is 77.7 Å². The van der Waals surface area contributed by atoms with Crippen LogP contribution in [0.25, 0.3) is 11.5 Å². The summed E-state index contributed by atoms with van der Waals surface area (Å²) < 4.78 is 31.5. The molecule has 29 heavy (non-hydrogen) atoms. The summed E-state index contributed by atoms with van der Waals surface area (Å²) in [7, 11) is 0. The second kappa shape index (κ2) is 8.53. The number of benzene rings is 2. The van der Waals surface area contributed by atoms with Gasteiger partial charge in [0.1, 0.15) is 17.9 Å². The average molecular weight is 397 g/mol. The van der Waals surface area contributed by atoms with Gasteiger partial charge in [-0.3, -0.25) is 9.69 Å². The second-order valence-electron chi connectivity index (χ2n) is 7.11. The standard InChI is InChI=1S/C22H21F2N3O2/c23-18-5-1-16(2-6-18)13-21(28)27-11-9-26(10-12-27)14-20-15-29-22(25-20)17-3-7-19(24)8-4-17/h1-8,15H,9-14H2. The first-order valence-electron chi connectivity index (χ1n) is 9.52. The van der Waals surface area contributed by atoms with Crippen LogP contribution in [0.1, 0.15) is 11.3 Å². The monoisotopic (exact) mass is 397 g/mol. The van der Waals surface area contributed by atoms with E-state index >= 15 is 0 Å². The highest BCUT2D eigenvalue weighted by Gasteiger charge is 2.22. The van der Waals surface area contributed by atoms with E-state index in [1.165, 1.54) is 24.3 Å². The molecule has 0 unspecified atom stereocenters. The van der Waals surface area contributed by atoms with Crippen molar-refractivity contribution in [1.29, 1.82) is 0 Å². The maximum Gasteiger partial charge on any atom is 0.227 e. The van der Waals surface area contributed by atoms with E-state index < -0.39 is 0 Å². The van der Waals surface area contributed by atoms with E-state index in [4.69, 9.17) is 4.42 Å². The van der Waals surface area contributed by atoms with Gasteiger partial charge in [-0.1, -0.05) is 12.1 Å². The first-order chi connectivity index (χ1) is 14.1. The SMILES string of the molecule is O=C(Cc1ccc(F)cc1)N1CCN(Cc2coc(-c3ccc(F)cc3)n2)CC1. The topological polar surface area (TPSA) is 49.6 Å². The molecule has 1 aromatic heterocycles. The molecular formula is C22H21F2N3O2. The fraction of sp³-hybridized carbons (Fsp3) is 0.273. The minimum Gasteiger partial charge on any atom is -0.444 e. The number of hydrogen-bond donors (Lipinski definition) is 0. The molecule has 1 aliphatic rings.